The molecule has 0 fully saturated rings. The van der Waals surface area contributed by atoms with Gasteiger partial charge in [0.2, 0.25) is 5.89 Å². The van der Waals surface area contributed by atoms with Crippen LogP contribution in [-0.2, 0) is 0 Å². The maximum atomic E-state index is 5.31. The van der Waals surface area contributed by atoms with Crippen molar-refractivity contribution < 1.29 is 4.42 Å². The van der Waals surface area contributed by atoms with Gasteiger partial charge in [-0.2, -0.15) is 0 Å². The Labute approximate surface area is 73.8 Å². The quantitative estimate of drug-likeness (QED) is 0.686. The fraction of sp³-hybridized carbons (Fsp3) is 0.333. The Morgan fingerprint density at radius 2 is 2.45 bits per heavy atom. The molecule has 0 saturated carbocycles. The van der Waals surface area contributed by atoms with Crippen LogP contribution in [0.4, 0.5) is 0 Å². The number of halogens is 1. The van der Waals surface area contributed by atoms with E-state index in [0.29, 0.717) is 11.1 Å². The minimum absolute atomic E-state index is 0.581. The van der Waals surface area contributed by atoms with Crippen molar-refractivity contribution in [3.63, 3.8) is 0 Å². The molecule has 60 valence electrons. The average molecular weight is 191 g/mol. The number of hydrogen-bond acceptors (Lipinski definition) is 4. The molecule has 1 aromatic heterocycles. The molecule has 0 amide bonds. The van der Waals surface area contributed by atoms with E-state index in [1.165, 1.54) is 17.3 Å². The van der Waals surface area contributed by atoms with E-state index in [1.54, 1.807) is 6.92 Å². The minimum atomic E-state index is 0.581. The van der Waals surface area contributed by atoms with Crippen molar-refractivity contribution in [3.05, 3.63) is 17.5 Å². The number of rotatable bonds is 3. The molecule has 0 aromatic carbocycles. The Morgan fingerprint density at radius 1 is 1.64 bits per heavy atom. The summed E-state index contributed by atoms with van der Waals surface area (Å²) in [6.07, 6.45) is 1.81. The Morgan fingerprint density at radius 3 is 3.00 bits per heavy atom. The molecule has 0 unspecified atom stereocenters. The number of thioether (sulfide) groups is 1. The van der Waals surface area contributed by atoms with Crippen molar-refractivity contribution in [1.29, 1.82) is 0 Å². The summed E-state index contributed by atoms with van der Waals surface area (Å²) in [5.74, 6) is 1.34. The topological polar surface area (TPSA) is 38.9 Å². The first-order valence-corrected chi connectivity index (χ1v) is 4.43. The number of hydrogen-bond donors (Lipinski definition) is 0. The van der Waals surface area contributed by atoms with Gasteiger partial charge >= 0.3 is 0 Å². The smallest absolute Gasteiger partial charge is 0.276 e. The van der Waals surface area contributed by atoms with Crippen molar-refractivity contribution in [2.45, 2.75) is 12.1 Å². The van der Waals surface area contributed by atoms with Gasteiger partial charge in [0.1, 0.15) is 0 Å². The molecule has 0 aliphatic rings. The highest BCUT2D eigenvalue weighted by molar-refractivity contribution is 7.99. The van der Waals surface area contributed by atoms with Crippen LogP contribution >= 0.6 is 23.4 Å². The van der Waals surface area contributed by atoms with Gasteiger partial charge in [-0.15, -0.1) is 10.2 Å². The summed E-state index contributed by atoms with van der Waals surface area (Å²) in [5, 5.41) is 8.04. The first-order valence-electron chi connectivity index (χ1n) is 3.01. The summed E-state index contributed by atoms with van der Waals surface area (Å²) in [6.45, 7) is 1.76. The third-order valence-electron chi connectivity index (χ3n) is 0.900. The van der Waals surface area contributed by atoms with E-state index in [1.807, 2.05) is 6.08 Å². The van der Waals surface area contributed by atoms with Crippen LogP contribution in [0.2, 0.25) is 0 Å². The molecule has 11 heavy (non-hydrogen) atoms. The molecule has 1 rings (SSSR count). The summed E-state index contributed by atoms with van der Waals surface area (Å²) in [7, 11) is 0. The van der Waals surface area contributed by atoms with E-state index in [4.69, 9.17) is 16.0 Å². The Hall–Kier alpha value is -0.480. The minimum Gasteiger partial charge on any atom is -0.416 e. The molecular weight excluding hydrogens is 184 g/mol. The standard InChI is InChI=1S/C6H7ClN2OS/c1-5-8-9-6(10-5)11-4-2-3-7/h2-3H,4H2,1H3/b3-2+. The van der Waals surface area contributed by atoms with Crippen molar-refractivity contribution in [2.75, 3.05) is 5.75 Å². The second-order valence-electron chi connectivity index (χ2n) is 1.76. The SMILES string of the molecule is Cc1nnc(SC/C=C/Cl)o1. The van der Waals surface area contributed by atoms with Crippen LogP contribution in [0.5, 0.6) is 0 Å². The maximum absolute atomic E-state index is 5.31. The highest BCUT2D eigenvalue weighted by atomic mass is 35.5. The third-order valence-corrected chi connectivity index (χ3v) is 1.85. The molecule has 0 aliphatic heterocycles. The number of aryl methyl sites for hydroxylation is 1. The molecule has 0 atom stereocenters. The normalized spacial score (nSPS) is 11.1. The zero-order chi connectivity index (χ0) is 8.10. The van der Waals surface area contributed by atoms with E-state index in [9.17, 15) is 0 Å². The molecule has 0 aliphatic carbocycles. The van der Waals surface area contributed by atoms with Gasteiger partial charge in [0.25, 0.3) is 5.22 Å². The van der Waals surface area contributed by atoms with Crippen LogP contribution in [-0.4, -0.2) is 16.0 Å². The highest BCUT2D eigenvalue weighted by Crippen LogP contribution is 2.15. The predicted molar refractivity (Wildman–Crippen MR) is 44.8 cm³/mol. The van der Waals surface area contributed by atoms with Crippen LogP contribution in [0.25, 0.3) is 0 Å². The Kier molecular flexibility index (Phi) is 3.45. The molecule has 0 bridgehead atoms. The van der Waals surface area contributed by atoms with Crippen LogP contribution < -0.4 is 0 Å². The van der Waals surface area contributed by atoms with Gasteiger partial charge in [0, 0.05) is 18.2 Å². The lowest BCUT2D eigenvalue weighted by molar-refractivity contribution is 0.429. The van der Waals surface area contributed by atoms with Gasteiger partial charge < -0.3 is 4.42 Å². The van der Waals surface area contributed by atoms with Crippen LogP contribution in [0.15, 0.2) is 21.3 Å². The fourth-order valence-electron chi connectivity index (χ4n) is 0.493. The largest absolute Gasteiger partial charge is 0.416 e. The maximum Gasteiger partial charge on any atom is 0.276 e. The summed E-state index contributed by atoms with van der Waals surface area (Å²) in [6, 6.07) is 0. The van der Waals surface area contributed by atoms with Crippen molar-refractivity contribution in [2.24, 2.45) is 0 Å². The molecular formula is C6H7ClN2OS. The molecule has 1 heterocycles. The fourth-order valence-corrected chi connectivity index (χ4v) is 1.30. The second-order valence-corrected chi connectivity index (χ2v) is 2.98. The molecule has 5 heteroatoms. The van der Waals surface area contributed by atoms with Gasteiger partial charge in [-0.1, -0.05) is 29.4 Å². The first kappa shape index (κ1) is 8.62. The van der Waals surface area contributed by atoms with E-state index in [2.05, 4.69) is 10.2 Å². The molecule has 1 aromatic rings. The van der Waals surface area contributed by atoms with Gasteiger partial charge in [-0.3, -0.25) is 0 Å². The highest BCUT2D eigenvalue weighted by Gasteiger charge is 1.99. The van der Waals surface area contributed by atoms with Gasteiger partial charge in [0.15, 0.2) is 0 Å². The lowest BCUT2D eigenvalue weighted by Crippen LogP contribution is -1.72. The molecule has 3 nitrogen and oxygen atoms in total. The van der Waals surface area contributed by atoms with E-state index < -0.39 is 0 Å². The average Bonchev–Trinajstić information content (AvgIpc) is 2.37. The Bertz CT molecular complexity index is 248. The van der Waals surface area contributed by atoms with Gasteiger partial charge in [0.05, 0.1) is 0 Å². The predicted octanol–water partition coefficient (Wildman–Crippen LogP) is 2.22. The number of nitrogens with zero attached hydrogens (tertiary/aromatic N) is 2. The first-order chi connectivity index (χ1) is 5.33. The zero-order valence-electron chi connectivity index (χ0n) is 5.95. The lowest BCUT2D eigenvalue weighted by Gasteiger charge is -1.85. The monoisotopic (exact) mass is 190 g/mol. The van der Waals surface area contributed by atoms with Crippen molar-refractivity contribution in [3.8, 4) is 0 Å². The number of aromatic nitrogens is 2. The van der Waals surface area contributed by atoms with Crippen molar-refractivity contribution in [1.82, 2.24) is 10.2 Å². The van der Waals surface area contributed by atoms with Crippen LogP contribution in [0.3, 0.4) is 0 Å². The summed E-state index contributed by atoms with van der Waals surface area (Å²) >= 11 is 6.77. The summed E-state index contributed by atoms with van der Waals surface area (Å²) in [4.78, 5) is 0. The van der Waals surface area contributed by atoms with E-state index in [-0.39, 0.29) is 0 Å². The van der Waals surface area contributed by atoms with E-state index >= 15 is 0 Å². The summed E-state index contributed by atoms with van der Waals surface area (Å²) in [5.41, 5.74) is 1.47. The second kappa shape index (κ2) is 4.41. The zero-order valence-corrected chi connectivity index (χ0v) is 7.52. The molecule has 0 spiro atoms. The third kappa shape index (κ3) is 2.95. The Balaban J connectivity index is 2.38. The van der Waals surface area contributed by atoms with Gasteiger partial charge in [-0.05, 0) is 0 Å². The van der Waals surface area contributed by atoms with Gasteiger partial charge in [-0.25, -0.2) is 0 Å². The van der Waals surface area contributed by atoms with Crippen LogP contribution in [0.1, 0.15) is 5.89 Å². The molecule has 0 N–H and O–H groups in total. The van der Waals surface area contributed by atoms with Crippen molar-refractivity contribution >= 4 is 23.4 Å². The molecule has 0 saturated heterocycles. The van der Waals surface area contributed by atoms with Crippen LogP contribution in [0, 0.1) is 6.92 Å². The molecule has 0 radical (unpaired) electrons. The lowest BCUT2D eigenvalue weighted by atomic mass is 10.8. The van der Waals surface area contributed by atoms with E-state index in [0.717, 1.165) is 5.75 Å². The summed E-state index contributed by atoms with van der Waals surface area (Å²) < 4.78 is 5.09.